The Morgan fingerprint density at radius 2 is 1.62 bits per heavy atom. The molecule has 0 radical (unpaired) electrons. The summed E-state index contributed by atoms with van der Waals surface area (Å²) in [6, 6.07) is 25.8. The molecule has 1 aliphatic heterocycles. The Labute approximate surface area is 189 Å². The number of carbonyl (C=O) groups excluding carboxylic acids is 1. The summed E-state index contributed by atoms with van der Waals surface area (Å²) in [4.78, 5) is 17.2. The fraction of sp³-hybridized carbons (Fsp3) is 0.231. The average Bonchev–Trinajstić information content (AvgIpc) is 2.86. The molecule has 1 N–H and O–H groups in total. The zero-order valence-corrected chi connectivity index (χ0v) is 18.3. The van der Waals surface area contributed by atoms with Crippen molar-refractivity contribution in [3.05, 3.63) is 95.6 Å². The van der Waals surface area contributed by atoms with E-state index in [0.29, 0.717) is 5.56 Å². The molecule has 1 saturated heterocycles. The molecule has 0 unspecified atom stereocenters. The van der Waals surface area contributed by atoms with Crippen molar-refractivity contribution in [3.8, 4) is 5.75 Å². The third-order valence-electron chi connectivity index (χ3n) is 5.61. The molecule has 0 saturated carbocycles. The molecule has 0 aliphatic carbocycles. The Balaban J connectivity index is 1.24. The number of hydrazone groups is 1. The van der Waals surface area contributed by atoms with Crippen molar-refractivity contribution < 1.29 is 9.53 Å². The highest BCUT2D eigenvalue weighted by Crippen LogP contribution is 2.17. The van der Waals surface area contributed by atoms with Crippen molar-refractivity contribution in [1.29, 1.82) is 0 Å². The molecule has 0 atom stereocenters. The Morgan fingerprint density at radius 3 is 2.28 bits per heavy atom. The van der Waals surface area contributed by atoms with Crippen LogP contribution in [0.4, 0.5) is 5.69 Å². The van der Waals surface area contributed by atoms with Crippen LogP contribution in [0.25, 0.3) is 0 Å². The number of methoxy groups -OCH3 is 1. The monoisotopic (exact) mass is 428 g/mol. The van der Waals surface area contributed by atoms with Gasteiger partial charge >= 0.3 is 0 Å². The number of hydrogen-bond acceptors (Lipinski definition) is 5. The molecule has 6 nitrogen and oxygen atoms in total. The molecule has 164 valence electrons. The van der Waals surface area contributed by atoms with Crippen LogP contribution in [-0.2, 0) is 6.54 Å². The number of nitrogens with zero attached hydrogens (tertiary/aromatic N) is 3. The smallest absolute Gasteiger partial charge is 0.271 e. The first-order valence-corrected chi connectivity index (χ1v) is 10.8. The molecule has 32 heavy (non-hydrogen) atoms. The van der Waals surface area contributed by atoms with Gasteiger partial charge in [-0.2, -0.15) is 5.10 Å². The maximum Gasteiger partial charge on any atom is 0.271 e. The van der Waals surface area contributed by atoms with Gasteiger partial charge in [-0.25, -0.2) is 5.43 Å². The number of ether oxygens (including phenoxy) is 1. The van der Waals surface area contributed by atoms with E-state index in [-0.39, 0.29) is 5.91 Å². The quantitative estimate of drug-likeness (QED) is 0.460. The van der Waals surface area contributed by atoms with Crippen molar-refractivity contribution >= 4 is 17.8 Å². The first kappa shape index (κ1) is 21.6. The molecule has 3 aromatic carbocycles. The number of nitrogens with one attached hydrogen (secondary N) is 1. The number of hydrogen-bond donors (Lipinski definition) is 1. The van der Waals surface area contributed by atoms with E-state index in [1.54, 1.807) is 13.3 Å². The molecule has 4 rings (SSSR count). The highest BCUT2D eigenvalue weighted by molar-refractivity contribution is 5.94. The van der Waals surface area contributed by atoms with E-state index in [1.165, 1.54) is 11.3 Å². The normalized spacial score (nSPS) is 14.5. The molecule has 1 amide bonds. The van der Waals surface area contributed by atoms with Gasteiger partial charge in [0.25, 0.3) is 5.91 Å². The van der Waals surface area contributed by atoms with Gasteiger partial charge in [-0.3, -0.25) is 9.69 Å². The van der Waals surface area contributed by atoms with E-state index < -0.39 is 0 Å². The molecule has 6 heteroatoms. The van der Waals surface area contributed by atoms with Gasteiger partial charge in [0.2, 0.25) is 0 Å². The second kappa shape index (κ2) is 10.6. The van der Waals surface area contributed by atoms with E-state index in [1.807, 2.05) is 48.5 Å². The first-order chi connectivity index (χ1) is 15.7. The first-order valence-electron chi connectivity index (χ1n) is 10.8. The van der Waals surface area contributed by atoms with Crippen molar-refractivity contribution in [2.24, 2.45) is 5.10 Å². The topological polar surface area (TPSA) is 57.2 Å². The van der Waals surface area contributed by atoms with Crippen LogP contribution >= 0.6 is 0 Å². The summed E-state index contributed by atoms with van der Waals surface area (Å²) >= 11 is 0. The summed E-state index contributed by atoms with van der Waals surface area (Å²) in [5.41, 5.74) is 6.55. The van der Waals surface area contributed by atoms with Gasteiger partial charge in [-0.1, -0.05) is 30.3 Å². The van der Waals surface area contributed by atoms with Gasteiger partial charge in [0, 0.05) is 44.0 Å². The lowest BCUT2D eigenvalue weighted by molar-refractivity contribution is 0.0955. The van der Waals surface area contributed by atoms with Crippen LogP contribution in [0.15, 0.2) is 84.0 Å². The van der Waals surface area contributed by atoms with E-state index in [0.717, 1.165) is 44.0 Å². The van der Waals surface area contributed by atoms with Crippen molar-refractivity contribution in [2.45, 2.75) is 6.54 Å². The third kappa shape index (κ3) is 5.74. The third-order valence-corrected chi connectivity index (χ3v) is 5.61. The van der Waals surface area contributed by atoms with Crippen molar-refractivity contribution in [1.82, 2.24) is 10.3 Å². The van der Waals surface area contributed by atoms with Crippen molar-refractivity contribution in [3.63, 3.8) is 0 Å². The highest BCUT2D eigenvalue weighted by atomic mass is 16.5. The maximum atomic E-state index is 12.3. The second-order valence-electron chi connectivity index (χ2n) is 7.77. The Hall–Kier alpha value is -3.64. The lowest BCUT2D eigenvalue weighted by atomic mass is 10.1. The predicted molar refractivity (Wildman–Crippen MR) is 128 cm³/mol. The molecule has 1 heterocycles. The summed E-state index contributed by atoms with van der Waals surface area (Å²) < 4.78 is 5.13. The van der Waals surface area contributed by atoms with E-state index in [2.05, 4.69) is 50.7 Å². The van der Waals surface area contributed by atoms with E-state index >= 15 is 0 Å². The highest BCUT2D eigenvalue weighted by Gasteiger charge is 2.17. The lowest BCUT2D eigenvalue weighted by Gasteiger charge is -2.36. The zero-order chi connectivity index (χ0) is 22.2. The van der Waals surface area contributed by atoms with Crippen LogP contribution < -0.4 is 15.1 Å². The summed E-state index contributed by atoms with van der Waals surface area (Å²) in [6.45, 7) is 4.99. The number of anilines is 1. The summed E-state index contributed by atoms with van der Waals surface area (Å²) in [5, 5.41) is 4.04. The van der Waals surface area contributed by atoms with Crippen molar-refractivity contribution in [2.75, 3.05) is 38.2 Å². The van der Waals surface area contributed by atoms with E-state index in [4.69, 9.17) is 4.74 Å². The number of piperazine rings is 1. The molecular formula is C26H28N4O2. The average molecular weight is 429 g/mol. The second-order valence-corrected chi connectivity index (χ2v) is 7.77. The van der Waals surface area contributed by atoms with Crippen LogP contribution in [0.5, 0.6) is 5.75 Å². The van der Waals surface area contributed by atoms with Gasteiger partial charge in [-0.15, -0.1) is 0 Å². The molecule has 1 aliphatic rings. The molecule has 1 fully saturated rings. The standard InChI is InChI=1S/C26H28N4O2/c1-32-25-13-9-21(10-14-25)19-27-28-26(31)23-11-7-22(8-12-23)20-29-15-17-30(18-16-29)24-5-3-2-4-6-24/h2-14,19H,15-18,20H2,1H3,(H,28,31)/b27-19-. The number of amides is 1. The van der Waals surface area contributed by atoms with Gasteiger partial charge in [0.1, 0.15) is 5.75 Å². The minimum Gasteiger partial charge on any atom is -0.497 e. The van der Waals surface area contributed by atoms with Crippen LogP contribution in [0.2, 0.25) is 0 Å². The van der Waals surface area contributed by atoms with E-state index in [9.17, 15) is 4.79 Å². The van der Waals surface area contributed by atoms with Crippen LogP contribution in [0.3, 0.4) is 0 Å². The fourth-order valence-corrected chi connectivity index (χ4v) is 3.74. The van der Waals surface area contributed by atoms with Crippen LogP contribution in [-0.4, -0.2) is 50.3 Å². The van der Waals surface area contributed by atoms with Gasteiger partial charge in [0.15, 0.2) is 0 Å². The zero-order valence-electron chi connectivity index (χ0n) is 18.3. The summed E-state index contributed by atoms with van der Waals surface area (Å²) in [6.07, 6.45) is 1.61. The minimum absolute atomic E-state index is 0.224. The molecule has 3 aromatic rings. The number of para-hydroxylation sites is 1. The van der Waals surface area contributed by atoms with Gasteiger partial charge in [0.05, 0.1) is 13.3 Å². The molecule has 0 spiro atoms. The summed E-state index contributed by atoms with van der Waals surface area (Å²) in [5.74, 6) is 0.558. The van der Waals surface area contributed by atoms with Crippen LogP contribution in [0, 0.1) is 0 Å². The SMILES string of the molecule is COc1ccc(/C=N\NC(=O)c2ccc(CN3CCN(c4ccccc4)CC3)cc2)cc1. The van der Waals surface area contributed by atoms with Gasteiger partial charge in [-0.05, 0) is 59.7 Å². The summed E-state index contributed by atoms with van der Waals surface area (Å²) in [7, 11) is 1.63. The maximum absolute atomic E-state index is 12.3. The number of carbonyl (C=O) groups is 1. The predicted octanol–water partition coefficient (Wildman–Crippen LogP) is 3.78. The molecule has 0 aromatic heterocycles. The Bertz CT molecular complexity index is 1030. The van der Waals surface area contributed by atoms with Crippen LogP contribution in [0.1, 0.15) is 21.5 Å². The fourth-order valence-electron chi connectivity index (χ4n) is 3.74. The molecule has 0 bridgehead atoms. The molecular weight excluding hydrogens is 400 g/mol. The largest absolute Gasteiger partial charge is 0.497 e. The lowest BCUT2D eigenvalue weighted by Crippen LogP contribution is -2.45. The number of benzene rings is 3. The Kier molecular flexibility index (Phi) is 7.15. The Morgan fingerprint density at radius 1 is 0.938 bits per heavy atom. The number of rotatable bonds is 7. The van der Waals surface area contributed by atoms with Gasteiger partial charge < -0.3 is 9.64 Å². The minimum atomic E-state index is -0.224.